The number of carbonyl (C=O) groups is 3. The van der Waals surface area contributed by atoms with Gasteiger partial charge in [0.2, 0.25) is 5.91 Å². The number of benzene rings is 1. The number of hydrogen-bond acceptors (Lipinski definition) is 8. The van der Waals surface area contributed by atoms with Crippen LogP contribution in [0.15, 0.2) is 42.7 Å². The first-order valence-electron chi connectivity index (χ1n) is 12.6. The molecule has 1 atom stereocenters. The number of aromatic nitrogens is 2. The first kappa shape index (κ1) is 25.7. The van der Waals surface area contributed by atoms with Crippen molar-refractivity contribution in [3.63, 3.8) is 0 Å². The van der Waals surface area contributed by atoms with Crippen molar-refractivity contribution in [3.8, 4) is 5.75 Å². The van der Waals surface area contributed by atoms with Gasteiger partial charge in [-0.25, -0.2) is 4.98 Å². The van der Waals surface area contributed by atoms with Crippen LogP contribution in [0.25, 0.3) is 5.65 Å². The van der Waals surface area contributed by atoms with Gasteiger partial charge in [0.15, 0.2) is 0 Å². The number of nitrogens with zero attached hydrogens (tertiary/aromatic N) is 4. The highest BCUT2D eigenvalue weighted by atomic mass is 16.5. The van der Waals surface area contributed by atoms with Gasteiger partial charge >= 0.3 is 5.97 Å². The number of esters is 1. The Labute approximate surface area is 220 Å². The fourth-order valence-corrected chi connectivity index (χ4v) is 4.94. The van der Waals surface area contributed by atoms with Gasteiger partial charge in [-0.1, -0.05) is 12.1 Å². The monoisotopic (exact) mass is 521 g/mol. The summed E-state index contributed by atoms with van der Waals surface area (Å²) >= 11 is 0. The second kappa shape index (κ2) is 11.2. The van der Waals surface area contributed by atoms with Gasteiger partial charge in [-0.15, -0.1) is 0 Å². The molecule has 1 unspecified atom stereocenters. The molecule has 1 saturated heterocycles. The minimum Gasteiger partial charge on any atom is -0.487 e. The Morgan fingerprint density at radius 3 is 2.74 bits per heavy atom. The smallest absolute Gasteiger partial charge is 0.305 e. The number of rotatable bonds is 10. The van der Waals surface area contributed by atoms with Crippen molar-refractivity contribution in [3.05, 3.63) is 65.1 Å². The Kier molecular flexibility index (Phi) is 7.57. The van der Waals surface area contributed by atoms with Crippen LogP contribution in [0, 0.1) is 0 Å². The number of pyridine rings is 1. The molecule has 5 rings (SSSR count). The lowest BCUT2D eigenvalue weighted by atomic mass is 10.1. The average molecular weight is 522 g/mol. The standard InChI is InChI=1S/C27H31N5O6/c1-36-25(33)8-6-22(26(28)34)32-16-21-20(27(32)35)3-2-4-23(21)38-17-19-15-31-14-18(5-7-24(31)29-19)13-30-9-11-37-12-10-30/h2-5,7,14-15,22H,6,8-13,16-17H2,1H3,(H2,28,34). The third-order valence-corrected chi connectivity index (χ3v) is 6.95. The van der Waals surface area contributed by atoms with Crippen LogP contribution in [0.3, 0.4) is 0 Å². The minimum absolute atomic E-state index is 0.0182. The Hall–Kier alpha value is -3.96. The summed E-state index contributed by atoms with van der Waals surface area (Å²) in [5, 5.41) is 0. The summed E-state index contributed by atoms with van der Waals surface area (Å²) in [6.45, 7) is 4.61. The average Bonchev–Trinajstić information content (AvgIpc) is 3.48. The van der Waals surface area contributed by atoms with Gasteiger partial charge in [0.05, 0.1) is 32.6 Å². The molecule has 11 nitrogen and oxygen atoms in total. The summed E-state index contributed by atoms with van der Waals surface area (Å²) in [7, 11) is 1.27. The Bertz CT molecular complexity index is 1350. The van der Waals surface area contributed by atoms with Gasteiger partial charge in [-0.05, 0) is 30.2 Å². The van der Waals surface area contributed by atoms with E-state index in [0.29, 0.717) is 16.9 Å². The third kappa shape index (κ3) is 5.48. The predicted octanol–water partition coefficient (Wildman–Crippen LogP) is 1.51. The van der Waals surface area contributed by atoms with E-state index in [1.54, 1.807) is 18.2 Å². The molecular weight excluding hydrogens is 490 g/mol. The summed E-state index contributed by atoms with van der Waals surface area (Å²) in [5.41, 5.74) is 9.48. The highest BCUT2D eigenvalue weighted by Crippen LogP contribution is 2.33. The molecule has 2 aliphatic rings. The number of amides is 2. The summed E-state index contributed by atoms with van der Waals surface area (Å²) in [6.07, 6.45) is 4.09. The molecule has 2 N–H and O–H groups in total. The highest BCUT2D eigenvalue weighted by Gasteiger charge is 2.37. The fourth-order valence-electron chi connectivity index (χ4n) is 4.94. The topological polar surface area (TPSA) is 129 Å². The molecule has 1 aromatic carbocycles. The lowest BCUT2D eigenvalue weighted by Gasteiger charge is -2.26. The molecule has 0 spiro atoms. The normalized spacial score (nSPS) is 16.4. The Morgan fingerprint density at radius 2 is 1.97 bits per heavy atom. The van der Waals surface area contributed by atoms with Gasteiger partial charge in [0.25, 0.3) is 5.91 Å². The van der Waals surface area contributed by atoms with Crippen LogP contribution in [-0.2, 0) is 38.8 Å². The van der Waals surface area contributed by atoms with E-state index in [9.17, 15) is 14.4 Å². The maximum absolute atomic E-state index is 13.1. The van der Waals surface area contributed by atoms with E-state index in [2.05, 4.69) is 26.9 Å². The van der Waals surface area contributed by atoms with Crippen molar-refractivity contribution in [2.45, 2.75) is 38.6 Å². The largest absolute Gasteiger partial charge is 0.487 e. The van der Waals surface area contributed by atoms with Crippen LogP contribution in [0.5, 0.6) is 5.75 Å². The van der Waals surface area contributed by atoms with Crippen LogP contribution in [-0.4, -0.2) is 76.4 Å². The first-order chi connectivity index (χ1) is 18.4. The molecule has 0 bridgehead atoms. The van der Waals surface area contributed by atoms with Crippen molar-refractivity contribution in [2.24, 2.45) is 5.73 Å². The van der Waals surface area contributed by atoms with Crippen molar-refractivity contribution >= 4 is 23.4 Å². The third-order valence-electron chi connectivity index (χ3n) is 6.95. The van der Waals surface area contributed by atoms with Crippen molar-refractivity contribution in [1.82, 2.24) is 19.2 Å². The van der Waals surface area contributed by atoms with Crippen LogP contribution in [0.2, 0.25) is 0 Å². The first-order valence-corrected chi connectivity index (χ1v) is 12.6. The van der Waals surface area contributed by atoms with E-state index in [-0.39, 0.29) is 31.9 Å². The number of nitrogens with two attached hydrogens (primary N) is 1. The van der Waals surface area contributed by atoms with E-state index in [4.69, 9.17) is 15.2 Å². The van der Waals surface area contributed by atoms with E-state index in [1.807, 2.05) is 16.7 Å². The van der Waals surface area contributed by atoms with E-state index >= 15 is 0 Å². The molecule has 2 aromatic heterocycles. The number of fused-ring (bicyclic) bond motifs is 2. The van der Waals surface area contributed by atoms with Crippen LogP contribution in [0.4, 0.5) is 0 Å². The van der Waals surface area contributed by atoms with Crippen molar-refractivity contribution < 1.29 is 28.6 Å². The molecule has 11 heteroatoms. The summed E-state index contributed by atoms with van der Waals surface area (Å²) < 4.78 is 18.2. The van der Waals surface area contributed by atoms with Crippen molar-refractivity contribution in [2.75, 3.05) is 33.4 Å². The summed E-state index contributed by atoms with van der Waals surface area (Å²) in [4.78, 5) is 45.2. The molecule has 0 radical (unpaired) electrons. The highest BCUT2D eigenvalue weighted by molar-refractivity contribution is 6.01. The SMILES string of the molecule is COC(=O)CCC(C(N)=O)N1Cc2c(OCc3cn4cc(CN5CCOCC5)ccc4n3)cccc2C1=O. The summed E-state index contributed by atoms with van der Waals surface area (Å²) in [6, 6.07) is 8.39. The zero-order chi connectivity index (χ0) is 26.6. The lowest BCUT2D eigenvalue weighted by molar-refractivity contribution is -0.141. The Balaban J connectivity index is 1.27. The maximum atomic E-state index is 13.1. The van der Waals surface area contributed by atoms with Crippen molar-refractivity contribution in [1.29, 1.82) is 0 Å². The second-order valence-corrected chi connectivity index (χ2v) is 9.46. The second-order valence-electron chi connectivity index (χ2n) is 9.46. The number of carbonyl (C=O) groups excluding carboxylic acids is 3. The minimum atomic E-state index is -0.924. The van der Waals surface area contributed by atoms with Crippen LogP contribution in [0.1, 0.15) is 40.0 Å². The van der Waals surface area contributed by atoms with Gasteiger partial charge in [-0.3, -0.25) is 19.3 Å². The van der Waals surface area contributed by atoms with Gasteiger partial charge in [0.1, 0.15) is 24.0 Å². The maximum Gasteiger partial charge on any atom is 0.305 e. The molecule has 2 aliphatic heterocycles. The summed E-state index contributed by atoms with van der Waals surface area (Å²) in [5.74, 6) is -0.917. The molecule has 2 amide bonds. The quantitative estimate of drug-likeness (QED) is 0.398. The van der Waals surface area contributed by atoms with Crippen LogP contribution >= 0.6 is 0 Å². The zero-order valence-electron chi connectivity index (χ0n) is 21.3. The van der Waals surface area contributed by atoms with Crippen LogP contribution < -0.4 is 10.5 Å². The molecule has 0 saturated carbocycles. The lowest BCUT2D eigenvalue weighted by Crippen LogP contribution is -2.45. The number of methoxy groups -OCH3 is 1. The molecule has 0 aliphatic carbocycles. The number of primary amides is 1. The molecule has 200 valence electrons. The van der Waals surface area contributed by atoms with Gasteiger partial charge < -0.3 is 29.2 Å². The fraction of sp³-hybridized carbons (Fsp3) is 0.407. The molecule has 3 aromatic rings. The van der Waals surface area contributed by atoms with Gasteiger partial charge in [-0.2, -0.15) is 0 Å². The van der Waals surface area contributed by atoms with E-state index < -0.39 is 17.9 Å². The van der Waals surface area contributed by atoms with E-state index in [1.165, 1.54) is 17.6 Å². The number of imidazole rings is 1. The Morgan fingerprint density at radius 1 is 1.16 bits per heavy atom. The zero-order valence-corrected chi connectivity index (χ0v) is 21.3. The van der Waals surface area contributed by atoms with E-state index in [0.717, 1.165) is 44.2 Å². The molecule has 38 heavy (non-hydrogen) atoms. The molecular formula is C27H31N5O6. The number of ether oxygens (including phenoxy) is 3. The molecule has 1 fully saturated rings. The number of hydrogen-bond donors (Lipinski definition) is 1. The van der Waals surface area contributed by atoms with Gasteiger partial charge in [0, 0.05) is 49.6 Å². The number of morpholine rings is 1. The predicted molar refractivity (Wildman–Crippen MR) is 136 cm³/mol. The molecule has 4 heterocycles.